The second-order valence-corrected chi connectivity index (χ2v) is 6.37. The fraction of sp³-hybridized carbons (Fsp3) is 0.529. The molecular weight excluding hydrogens is 341 g/mol. The van der Waals surface area contributed by atoms with Crippen molar-refractivity contribution in [2.45, 2.75) is 38.8 Å². The average Bonchev–Trinajstić information content (AvgIpc) is 3.29. The van der Waals surface area contributed by atoms with E-state index in [2.05, 4.69) is 15.1 Å². The number of hydrogen-bond donors (Lipinski definition) is 0. The fourth-order valence-electron chi connectivity index (χ4n) is 3.22. The zero-order chi connectivity index (χ0) is 18.1. The summed E-state index contributed by atoms with van der Waals surface area (Å²) in [6, 6.07) is 1.67. The highest BCUT2D eigenvalue weighted by Gasteiger charge is 2.31. The first kappa shape index (κ1) is 16.7. The van der Waals surface area contributed by atoms with Gasteiger partial charge in [-0.2, -0.15) is 14.5 Å². The van der Waals surface area contributed by atoms with Crippen LogP contribution in [0.5, 0.6) is 11.8 Å². The molecule has 0 N–H and O–H groups in total. The van der Waals surface area contributed by atoms with Gasteiger partial charge in [0.05, 0.1) is 18.8 Å². The Bertz CT molecular complexity index is 801. The molecule has 0 radical (unpaired) electrons. The number of carbonyl (C=O) groups excluding carboxylic acids is 1. The standard InChI is InChI=1S/C17H20FN5O3/c1-2-12-15(18)16(20-10-19-12)26-11-4-6-22(9-11)17(24)13-8-14-23(21-13)5-3-7-25-14/h8,10-11H,2-7,9H2,1H3/t11-/m1/s1. The third-order valence-corrected chi connectivity index (χ3v) is 4.60. The lowest BCUT2D eigenvalue weighted by Crippen LogP contribution is -2.31. The van der Waals surface area contributed by atoms with Crippen molar-refractivity contribution in [2.75, 3.05) is 19.7 Å². The molecule has 26 heavy (non-hydrogen) atoms. The van der Waals surface area contributed by atoms with Crippen LogP contribution in [0.1, 0.15) is 35.9 Å². The Labute approximate surface area is 149 Å². The molecule has 1 saturated heterocycles. The maximum atomic E-state index is 14.2. The third-order valence-electron chi connectivity index (χ3n) is 4.60. The highest BCUT2D eigenvalue weighted by atomic mass is 19.1. The SMILES string of the molecule is CCc1ncnc(O[C@@H]2CCN(C(=O)c3cc4n(n3)CCCO4)C2)c1F. The lowest BCUT2D eigenvalue weighted by Gasteiger charge is -2.16. The molecule has 4 heterocycles. The largest absolute Gasteiger partial charge is 0.478 e. The molecule has 0 aromatic carbocycles. The quantitative estimate of drug-likeness (QED) is 0.820. The van der Waals surface area contributed by atoms with E-state index >= 15 is 0 Å². The van der Waals surface area contributed by atoms with E-state index in [9.17, 15) is 9.18 Å². The van der Waals surface area contributed by atoms with E-state index in [0.29, 0.717) is 49.8 Å². The molecule has 1 fully saturated rings. The Morgan fingerprint density at radius 3 is 3.12 bits per heavy atom. The van der Waals surface area contributed by atoms with Gasteiger partial charge in [0.1, 0.15) is 12.4 Å². The zero-order valence-electron chi connectivity index (χ0n) is 14.5. The monoisotopic (exact) mass is 361 g/mol. The van der Waals surface area contributed by atoms with E-state index < -0.39 is 5.82 Å². The summed E-state index contributed by atoms with van der Waals surface area (Å²) in [6.45, 7) is 4.11. The Morgan fingerprint density at radius 2 is 2.31 bits per heavy atom. The predicted octanol–water partition coefficient (Wildman–Crippen LogP) is 1.45. The van der Waals surface area contributed by atoms with Crippen LogP contribution in [0.25, 0.3) is 0 Å². The van der Waals surface area contributed by atoms with Crippen LogP contribution in [0.3, 0.4) is 0 Å². The highest BCUT2D eigenvalue weighted by molar-refractivity contribution is 5.92. The minimum Gasteiger partial charge on any atom is -0.478 e. The molecule has 0 bridgehead atoms. The van der Waals surface area contributed by atoms with Gasteiger partial charge in [0, 0.05) is 32.0 Å². The number of halogens is 1. The lowest BCUT2D eigenvalue weighted by atomic mass is 10.3. The molecule has 2 aliphatic heterocycles. The molecule has 0 aliphatic carbocycles. The summed E-state index contributed by atoms with van der Waals surface area (Å²) in [7, 11) is 0. The number of rotatable bonds is 4. The van der Waals surface area contributed by atoms with Gasteiger partial charge in [-0.3, -0.25) is 4.79 Å². The van der Waals surface area contributed by atoms with E-state index in [4.69, 9.17) is 9.47 Å². The molecule has 2 aromatic rings. The Morgan fingerprint density at radius 1 is 1.42 bits per heavy atom. The van der Waals surface area contributed by atoms with Crippen LogP contribution in [0.15, 0.2) is 12.4 Å². The van der Waals surface area contributed by atoms with E-state index in [1.807, 2.05) is 6.92 Å². The van der Waals surface area contributed by atoms with Crippen molar-refractivity contribution < 1.29 is 18.7 Å². The van der Waals surface area contributed by atoms with Crippen molar-refractivity contribution in [3.8, 4) is 11.8 Å². The van der Waals surface area contributed by atoms with Gasteiger partial charge in [0.25, 0.3) is 11.8 Å². The normalized spacial score (nSPS) is 19.2. The Kier molecular flexibility index (Phi) is 4.44. The van der Waals surface area contributed by atoms with Crippen LogP contribution < -0.4 is 9.47 Å². The summed E-state index contributed by atoms with van der Waals surface area (Å²) in [6.07, 6.45) is 2.95. The van der Waals surface area contributed by atoms with Crippen LogP contribution in [0.4, 0.5) is 4.39 Å². The number of carbonyl (C=O) groups is 1. The van der Waals surface area contributed by atoms with Crippen LogP contribution in [-0.2, 0) is 13.0 Å². The second kappa shape index (κ2) is 6.89. The molecule has 2 aromatic heterocycles. The van der Waals surface area contributed by atoms with Crippen LogP contribution in [-0.4, -0.2) is 56.4 Å². The summed E-state index contributed by atoms with van der Waals surface area (Å²) >= 11 is 0. The molecule has 0 spiro atoms. The number of aromatic nitrogens is 4. The number of fused-ring (bicyclic) bond motifs is 1. The molecule has 9 heteroatoms. The van der Waals surface area contributed by atoms with Crippen LogP contribution >= 0.6 is 0 Å². The molecular formula is C17H20FN5O3. The van der Waals surface area contributed by atoms with Gasteiger partial charge in [-0.05, 0) is 6.42 Å². The first-order chi connectivity index (χ1) is 12.7. The Hall–Kier alpha value is -2.71. The Balaban J connectivity index is 1.42. The molecule has 2 aliphatic rings. The summed E-state index contributed by atoms with van der Waals surface area (Å²) in [5.41, 5.74) is 0.688. The third kappa shape index (κ3) is 3.09. The number of likely N-dealkylation sites (tertiary alicyclic amines) is 1. The van der Waals surface area contributed by atoms with Gasteiger partial charge in [0.15, 0.2) is 5.69 Å². The van der Waals surface area contributed by atoms with E-state index in [1.165, 1.54) is 6.33 Å². The smallest absolute Gasteiger partial charge is 0.274 e. The predicted molar refractivity (Wildman–Crippen MR) is 88.6 cm³/mol. The number of aryl methyl sites for hydroxylation is 2. The van der Waals surface area contributed by atoms with Gasteiger partial charge in [0.2, 0.25) is 11.7 Å². The first-order valence-corrected chi connectivity index (χ1v) is 8.81. The van der Waals surface area contributed by atoms with Gasteiger partial charge >= 0.3 is 0 Å². The summed E-state index contributed by atoms with van der Waals surface area (Å²) in [5, 5.41) is 4.32. The maximum Gasteiger partial charge on any atom is 0.274 e. The summed E-state index contributed by atoms with van der Waals surface area (Å²) < 4.78 is 27.1. The molecule has 1 amide bonds. The van der Waals surface area contributed by atoms with Gasteiger partial charge in [-0.15, -0.1) is 0 Å². The number of amides is 1. The van der Waals surface area contributed by atoms with Crippen molar-refractivity contribution in [3.63, 3.8) is 0 Å². The maximum absolute atomic E-state index is 14.2. The second-order valence-electron chi connectivity index (χ2n) is 6.37. The molecule has 8 nitrogen and oxygen atoms in total. The molecule has 0 saturated carbocycles. The minimum absolute atomic E-state index is 0.0537. The van der Waals surface area contributed by atoms with E-state index in [-0.39, 0.29) is 17.9 Å². The van der Waals surface area contributed by atoms with Crippen LogP contribution in [0.2, 0.25) is 0 Å². The number of hydrogen-bond acceptors (Lipinski definition) is 6. The summed E-state index contributed by atoms with van der Waals surface area (Å²) in [5.74, 6) is -0.124. The topological polar surface area (TPSA) is 82.4 Å². The van der Waals surface area contributed by atoms with Crippen molar-refractivity contribution in [1.82, 2.24) is 24.6 Å². The molecule has 138 valence electrons. The molecule has 0 unspecified atom stereocenters. The van der Waals surface area contributed by atoms with Gasteiger partial charge < -0.3 is 14.4 Å². The zero-order valence-corrected chi connectivity index (χ0v) is 14.5. The van der Waals surface area contributed by atoms with E-state index in [1.54, 1.807) is 15.6 Å². The first-order valence-electron chi connectivity index (χ1n) is 8.81. The van der Waals surface area contributed by atoms with Gasteiger partial charge in [-0.1, -0.05) is 6.92 Å². The van der Waals surface area contributed by atoms with Crippen molar-refractivity contribution in [1.29, 1.82) is 0 Å². The van der Waals surface area contributed by atoms with Crippen molar-refractivity contribution >= 4 is 5.91 Å². The molecule has 1 atom stereocenters. The van der Waals surface area contributed by atoms with Crippen molar-refractivity contribution in [3.05, 3.63) is 29.6 Å². The van der Waals surface area contributed by atoms with Crippen molar-refractivity contribution in [2.24, 2.45) is 0 Å². The minimum atomic E-state index is -0.529. The van der Waals surface area contributed by atoms with E-state index in [0.717, 1.165) is 13.0 Å². The van der Waals surface area contributed by atoms with Crippen LogP contribution in [0, 0.1) is 5.82 Å². The molecule has 4 rings (SSSR count). The highest BCUT2D eigenvalue weighted by Crippen LogP contribution is 2.23. The average molecular weight is 361 g/mol. The van der Waals surface area contributed by atoms with Gasteiger partial charge in [-0.25, -0.2) is 9.67 Å². The fourth-order valence-corrected chi connectivity index (χ4v) is 3.22. The summed E-state index contributed by atoms with van der Waals surface area (Å²) in [4.78, 5) is 22.1. The lowest BCUT2D eigenvalue weighted by molar-refractivity contribution is 0.0763. The number of nitrogens with zero attached hydrogens (tertiary/aromatic N) is 5. The number of ether oxygens (including phenoxy) is 2.